The molecule has 0 fully saturated rings. The molecular weight excluding hydrogens is 306 g/mol. The van der Waals surface area contributed by atoms with Crippen LogP contribution in [0.4, 0.5) is 0 Å². The zero-order valence-electron chi connectivity index (χ0n) is 15.3. The summed E-state index contributed by atoms with van der Waals surface area (Å²) < 4.78 is 5.33. The van der Waals surface area contributed by atoms with Gasteiger partial charge in [-0.3, -0.25) is 14.5 Å². The fraction of sp³-hybridized carbons (Fsp3) is 0.556. The molecule has 0 aliphatic heterocycles. The Morgan fingerprint density at radius 1 is 1.08 bits per heavy atom. The molecule has 2 N–H and O–H groups in total. The summed E-state index contributed by atoms with van der Waals surface area (Å²) in [6, 6.07) is 7.52. The van der Waals surface area contributed by atoms with E-state index in [2.05, 4.69) is 10.6 Å². The summed E-state index contributed by atoms with van der Waals surface area (Å²) in [5, 5.41) is 5.79. The number of rotatable bonds is 9. The predicted octanol–water partition coefficient (Wildman–Crippen LogP) is 1.72. The SMILES string of the molecule is CCN(CC(=O)NC(C)C)CC(=O)NC(C)c1ccccc1OC. The largest absolute Gasteiger partial charge is 0.496 e. The zero-order chi connectivity index (χ0) is 18.1. The number of hydrogen-bond acceptors (Lipinski definition) is 4. The van der Waals surface area contributed by atoms with E-state index in [1.54, 1.807) is 7.11 Å². The average Bonchev–Trinajstić information content (AvgIpc) is 2.53. The fourth-order valence-electron chi connectivity index (χ4n) is 2.44. The first-order valence-electron chi connectivity index (χ1n) is 8.31. The van der Waals surface area contributed by atoms with Gasteiger partial charge in [-0.2, -0.15) is 0 Å². The number of nitrogens with zero attached hydrogens (tertiary/aromatic N) is 1. The van der Waals surface area contributed by atoms with Crippen molar-refractivity contribution in [3.05, 3.63) is 29.8 Å². The minimum atomic E-state index is -0.170. The number of carbonyl (C=O) groups excluding carboxylic acids is 2. The van der Waals surface area contributed by atoms with Crippen LogP contribution in [0.3, 0.4) is 0 Å². The molecule has 0 saturated carbocycles. The number of ether oxygens (including phenoxy) is 1. The van der Waals surface area contributed by atoms with E-state index in [1.165, 1.54) is 0 Å². The van der Waals surface area contributed by atoms with Gasteiger partial charge in [0.2, 0.25) is 11.8 Å². The highest BCUT2D eigenvalue weighted by Crippen LogP contribution is 2.24. The predicted molar refractivity (Wildman–Crippen MR) is 94.9 cm³/mol. The van der Waals surface area contributed by atoms with E-state index in [1.807, 2.05) is 56.9 Å². The summed E-state index contributed by atoms with van der Waals surface area (Å²) in [5.74, 6) is 0.555. The first-order valence-corrected chi connectivity index (χ1v) is 8.31. The number of carbonyl (C=O) groups is 2. The second-order valence-corrected chi connectivity index (χ2v) is 6.06. The van der Waals surface area contributed by atoms with Crippen LogP contribution >= 0.6 is 0 Å². The second kappa shape index (κ2) is 9.93. The Balaban J connectivity index is 2.58. The van der Waals surface area contributed by atoms with Crippen LogP contribution in [-0.4, -0.2) is 49.5 Å². The highest BCUT2D eigenvalue weighted by atomic mass is 16.5. The summed E-state index contributed by atoms with van der Waals surface area (Å²) in [5.41, 5.74) is 0.925. The van der Waals surface area contributed by atoms with Gasteiger partial charge in [0, 0.05) is 11.6 Å². The Bertz CT molecular complexity index is 546. The molecule has 6 heteroatoms. The maximum absolute atomic E-state index is 12.3. The number of benzene rings is 1. The molecule has 6 nitrogen and oxygen atoms in total. The van der Waals surface area contributed by atoms with Crippen LogP contribution in [0.1, 0.15) is 39.3 Å². The molecule has 1 unspecified atom stereocenters. The minimum absolute atomic E-state index is 0.0718. The first-order chi connectivity index (χ1) is 11.4. The van der Waals surface area contributed by atoms with Crippen LogP contribution in [0.25, 0.3) is 0 Å². The topological polar surface area (TPSA) is 70.7 Å². The van der Waals surface area contributed by atoms with Crippen molar-refractivity contribution in [1.82, 2.24) is 15.5 Å². The minimum Gasteiger partial charge on any atom is -0.496 e. The molecule has 0 spiro atoms. The van der Waals surface area contributed by atoms with Gasteiger partial charge in [-0.15, -0.1) is 0 Å². The van der Waals surface area contributed by atoms with Gasteiger partial charge in [-0.05, 0) is 33.4 Å². The standard InChI is InChI=1S/C18H29N3O3/c1-6-21(11-17(22)19-13(2)3)12-18(23)20-14(4)15-9-7-8-10-16(15)24-5/h7-10,13-14H,6,11-12H2,1-5H3,(H,19,22)(H,20,23). The summed E-state index contributed by atoms with van der Waals surface area (Å²) in [6.07, 6.45) is 0. The molecule has 1 aromatic rings. The van der Waals surface area contributed by atoms with E-state index in [-0.39, 0.29) is 37.0 Å². The number of para-hydroxylation sites is 1. The summed E-state index contributed by atoms with van der Waals surface area (Å²) in [6.45, 7) is 8.69. The van der Waals surface area contributed by atoms with E-state index >= 15 is 0 Å². The van der Waals surface area contributed by atoms with Crippen LogP contribution in [0.15, 0.2) is 24.3 Å². The molecule has 2 amide bonds. The third kappa shape index (κ3) is 6.58. The zero-order valence-corrected chi connectivity index (χ0v) is 15.3. The quantitative estimate of drug-likeness (QED) is 0.721. The lowest BCUT2D eigenvalue weighted by Crippen LogP contribution is -2.44. The van der Waals surface area contributed by atoms with Gasteiger partial charge in [0.1, 0.15) is 5.75 Å². The Morgan fingerprint density at radius 2 is 1.67 bits per heavy atom. The van der Waals surface area contributed by atoms with Crippen LogP contribution in [-0.2, 0) is 9.59 Å². The van der Waals surface area contributed by atoms with Crippen LogP contribution < -0.4 is 15.4 Å². The molecule has 0 radical (unpaired) electrons. The maximum atomic E-state index is 12.3. The normalized spacial score (nSPS) is 12.1. The number of amides is 2. The Hall–Kier alpha value is -2.08. The van der Waals surface area contributed by atoms with Gasteiger partial charge in [0.05, 0.1) is 26.2 Å². The van der Waals surface area contributed by atoms with Gasteiger partial charge < -0.3 is 15.4 Å². The van der Waals surface area contributed by atoms with Crippen LogP contribution in [0.2, 0.25) is 0 Å². The molecular formula is C18H29N3O3. The van der Waals surface area contributed by atoms with Crippen LogP contribution in [0.5, 0.6) is 5.75 Å². The van der Waals surface area contributed by atoms with Crippen molar-refractivity contribution in [3.8, 4) is 5.75 Å². The Labute approximate surface area is 144 Å². The van der Waals surface area contributed by atoms with Gasteiger partial charge in [0.25, 0.3) is 0 Å². The van der Waals surface area contributed by atoms with Crippen molar-refractivity contribution in [3.63, 3.8) is 0 Å². The van der Waals surface area contributed by atoms with Crippen molar-refractivity contribution in [1.29, 1.82) is 0 Å². The average molecular weight is 335 g/mol. The molecule has 0 aliphatic carbocycles. The third-order valence-electron chi connectivity index (χ3n) is 3.61. The molecule has 0 heterocycles. The Kier molecular flexibility index (Phi) is 8.26. The molecule has 0 aliphatic rings. The molecule has 24 heavy (non-hydrogen) atoms. The summed E-state index contributed by atoms with van der Waals surface area (Å²) >= 11 is 0. The Morgan fingerprint density at radius 3 is 2.21 bits per heavy atom. The third-order valence-corrected chi connectivity index (χ3v) is 3.61. The van der Waals surface area contributed by atoms with Gasteiger partial charge in [-0.1, -0.05) is 25.1 Å². The van der Waals surface area contributed by atoms with Gasteiger partial charge in [-0.25, -0.2) is 0 Å². The molecule has 1 aromatic carbocycles. The van der Waals surface area contributed by atoms with Crippen molar-refractivity contribution < 1.29 is 14.3 Å². The number of likely N-dealkylation sites (N-methyl/N-ethyl adjacent to an activating group) is 1. The van der Waals surface area contributed by atoms with E-state index < -0.39 is 0 Å². The number of hydrogen-bond donors (Lipinski definition) is 2. The fourth-order valence-corrected chi connectivity index (χ4v) is 2.44. The van der Waals surface area contributed by atoms with E-state index in [9.17, 15) is 9.59 Å². The van der Waals surface area contributed by atoms with E-state index in [0.717, 1.165) is 11.3 Å². The first kappa shape index (κ1) is 20.0. The summed E-state index contributed by atoms with van der Waals surface area (Å²) in [4.78, 5) is 25.9. The lowest BCUT2D eigenvalue weighted by atomic mass is 10.1. The highest BCUT2D eigenvalue weighted by Gasteiger charge is 2.17. The molecule has 0 aromatic heterocycles. The number of methoxy groups -OCH3 is 1. The molecule has 0 saturated heterocycles. The highest BCUT2D eigenvalue weighted by molar-refractivity contribution is 5.81. The lowest BCUT2D eigenvalue weighted by Gasteiger charge is -2.22. The number of nitrogens with one attached hydrogen (secondary N) is 2. The van der Waals surface area contributed by atoms with Crippen molar-refractivity contribution in [2.75, 3.05) is 26.7 Å². The summed E-state index contributed by atoms with van der Waals surface area (Å²) in [7, 11) is 1.61. The van der Waals surface area contributed by atoms with Gasteiger partial charge >= 0.3 is 0 Å². The van der Waals surface area contributed by atoms with E-state index in [0.29, 0.717) is 6.54 Å². The molecule has 134 valence electrons. The maximum Gasteiger partial charge on any atom is 0.234 e. The molecule has 1 atom stereocenters. The second-order valence-electron chi connectivity index (χ2n) is 6.06. The molecule has 1 rings (SSSR count). The van der Waals surface area contributed by atoms with Crippen LogP contribution in [0, 0.1) is 0 Å². The smallest absolute Gasteiger partial charge is 0.234 e. The van der Waals surface area contributed by atoms with Crippen molar-refractivity contribution in [2.45, 2.75) is 39.8 Å². The monoisotopic (exact) mass is 335 g/mol. The lowest BCUT2D eigenvalue weighted by molar-refractivity contribution is -0.125. The molecule has 0 bridgehead atoms. The van der Waals surface area contributed by atoms with Crippen molar-refractivity contribution in [2.24, 2.45) is 0 Å². The van der Waals surface area contributed by atoms with E-state index in [4.69, 9.17) is 4.74 Å². The van der Waals surface area contributed by atoms with Crippen molar-refractivity contribution >= 4 is 11.8 Å². The van der Waals surface area contributed by atoms with Gasteiger partial charge in [0.15, 0.2) is 0 Å².